The molecule has 0 saturated heterocycles. The summed E-state index contributed by atoms with van der Waals surface area (Å²) in [6.45, 7) is 10.5. The quantitative estimate of drug-likeness (QED) is 0.745. The van der Waals surface area contributed by atoms with E-state index in [1.165, 1.54) is 16.7 Å². The van der Waals surface area contributed by atoms with E-state index < -0.39 is 0 Å². The lowest BCUT2D eigenvalue weighted by atomic mass is 10.1. The Labute approximate surface area is 133 Å². The summed E-state index contributed by atoms with van der Waals surface area (Å²) in [6.07, 6.45) is 0. The first-order chi connectivity index (χ1) is 10.3. The monoisotopic (exact) mass is 295 g/mol. The van der Waals surface area contributed by atoms with Gasteiger partial charge in [-0.25, -0.2) is 0 Å². The van der Waals surface area contributed by atoms with Crippen molar-refractivity contribution in [3.05, 3.63) is 52.3 Å². The van der Waals surface area contributed by atoms with Gasteiger partial charge in [0.25, 0.3) is 0 Å². The maximum atomic E-state index is 4.88. The highest BCUT2D eigenvalue weighted by atomic mass is 15.0. The number of aryl methyl sites for hydroxylation is 3. The Balaban J connectivity index is 2.49. The minimum atomic E-state index is 1.02. The summed E-state index contributed by atoms with van der Waals surface area (Å²) < 4.78 is 2.15. The molecule has 0 spiro atoms. The van der Waals surface area contributed by atoms with Gasteiger partial charge in [0.2, 0.25) is 0 Å². The van der Waals surface area contributed by atoms with Crippen molar-refractivity contribution in [1.82, 2.24) is 4.57 Å². The summed E-state index contributed by atoms with van der Waals surface area (Å²) in [5.41, 5.74) is 9.10. The Kier molecular flexibility index (Phi) is 4.65. The fourth-order valence-electron chi connectivity index (χ4n) is 2.93. The zero-order valence-electron chi connectivity index (χ0n) is 14.7. The van der Waals surface area contributed by atoms with E-state index in [0.29, 0.717) is 0 Å². The summed E-state index contributed by atoms with van der Waals surface area (Å²) in [5, 5.41) is 0. The summed E-state index contributed by atoms with van der Waals surface area (Å²) in [5.74, 6) is 0. The van der Waals surface area contributed by atoms with Crippen LogP contribution in [0.2, 0.25) is 0 Å². The molecule has 22 heavy (non-hydrogen) atoms. The van der Waals surface area contributed by atoms with Crippen LogP contribution in [0, 0.1) is 20.8 Å². The molecule has 0 aliphatic carbocycles. The molecule has 0 radical (unpaired) electrons. The molecule has 1 aromatic carbocycles. The molecule has 2 aromatic rings. The van der Waals surface area contributed by atoms with Crippen LogP contribution in [0.4, 0.5) is 5.69 Å². The van der Waals surface area contributed by atoms with E-state index in [-0.39, 0.29) is 0 Å². The topological polar surface area (TPSA) is 29.6 Å². The third-order valence-corrected chi connectivity index (χ3v) is 4.11. The fourth-order valence-corrected chi connectivity index (χ4v) is 2.93. The van der Waals surface area contributed by atoms with E-state index in [4.69, 9.17) is 4.99 Å². The molecular formula is C19H25N3. The molecule has 0 bridgehead atoms. The predicted molar refractivity (Wildman–Crippen MR) is 96.1 cm³/mol. The number of hydrogen-bond donors (Lipinski definition) is 0. The molecule has 0 saturated carbocycles. The van der Waals surface area contributed by atoms with Gasteiger partial charge in [-0.1, -0.05) is 17.7 Å². The Hall–Kier alpha value is -2.16. The summed E-state index contributed by atoms with van der Waals surface area (Å²) in [6, 6.07) is 8.58. The zero-order chi connectivity index (χ0) is 16.4. The Morgan fingerprint density at radius 2 is 1.41 bits per heavy atom. The SMILES string of the molecule is CN=C(C)c1ccc(C(C)=Nc2c(C)cc(C)cc2C)n1C. The maximum absolute atomic E-state index is 4.88. The van der Waals surface area contributed by atoms with Crippen molar-refractivity contribution in [2.75, 3.05) is 7.05 Å². The molecular weight excluding hydrogens is 270 g/mol. The molecule has 0 fully saturated rings. The average Bonchev–Trinajstić information content (AvgIpc) is 2.83. The largest absolute Gasteiger partial charge is 0.342 e. The third-order valence-electron chi connectivity index (χ3n) is 4.11. The van der Waals surface area contributed by atoms with Crippen molar-refractivity contribution in [3.8, 4) is 0 Å². The molecule has 0 unspecified atom stereocenters. The number of nitrogens with zero attached hydrogens (tertiary/aromatic N) is 3. The van der Waals surface area contributed by atoms with E-state index >= 15 is 0 Å². The number of aliphatic imine (C=N–C) groups is 2. The lowest BCUT2D eigenvalue weighted by Gasteiger charge is -2.10. The summed E-state index contributed by atoms with van der Waals surface area (Å²) in [4.78, 5) is 9.15. The Morgan fingerprint density at radius 1 is 0.909 bits per heavy atom. The highest BCUT2D eigenvalue weighted by Crippen LogP contribution is 2.26. The average molecular weight is 295 g/mol. The minimum Gasteiger partial charge on any atom is -0.342 e. The second-order valence-corrected chi connectivity index (χ2v) is 5.92. The van der Waals surface area contributed by atoms with E-state index in [1.807, 2.05) is 14.0 Å². The fraction of sp³-hybridized carbons (Fsp3) is 0.368. The van der Waals surface area contributed by atoms with Crippen molar-refractivity contribution < 1.29 is 0 Å². The van der Waals surface area contributed by atoms with Crippen molar-refractivity contribution in [1.29, 1.82) is 0 Å². The van der Waals surface area contributed by atoms with Crippen LogP contribution in [0.5, 0.6) is 0 Å². The first-order valence-corrected chi connectivity index (χ1v) is 7.58. The molecule has 3 nitrogen and oxygen atoms in total. The number of aromatic nitrogens is 1. The van der Waals surface area contributed by atoms with Crippen LogP contribution in [0.3, 0.4) is 0 Å². The molecule has 0 aliphatic rings. The Morgan fingerprint density at radius 3 is 1.91 bits per heavy atom. The van der Waals surface area contributed by atoms with Crippen LogP contribution < -0.4 is 0 Å². The molecule has 2 rings (SSSR count). The summed E-state index contributed by atoms with van der Waals surface area (Å²) in [7, 11) is 3.88. The van der Waals surface area contributed by atoms with Gasteiger partial charge < -0.3 is 4.57 Å². The van der Waals surface area contributed by atoms with Gasteiger partial charge >= 0.3 is 0 Å². The smallest absolute Gasteiger partial charge is 0.0692 e. The van der Waals surface area contributed by atoms with Gasteiger partial charge in [0.05, 0.1) is 28.5 Å². The highest BCUT2D eigenvalue weighted by Gasteiger charge is 2.10. The van der Waals surface area contributed by atoms with Crippen LogP contribution in [0.1, 0.15) is 41.9 Å². The standard InChI is InChI=1S/C19H25N3/c1-12-10-13(2)19(14(3)11-12)21-16(5)18-9-8-17(22(18)7)15(4)20-6/h8-11H,1-7H3. The van der Waals surface area contributed by atoms with Gasteiger partial charge in [-0.15, -0.1) is 0 Å². The minimum absolute atomic E-state index is 1.02. The van der Waals surface area contributed by atoms with Crippen LogP contribution in [-0.2, 0) is 7.05 Å². The van der Waals surface area contributed by atoms with Gasteiger partial charge in [0.1, 0.15) is 0 Å². The number of benzene rings is 1. The molecule has 1 aromatic heterocycles. The Bertz CT molecular complexity index is 738. The van der Waals surface area contributed by atoms with Crippen molar-refractivity contribution in [2.45, 2.75) is 34.6 Å². The van der Waals surface area contributed by atoms with E-state index in [0.717, 1.165) is 28.5 Å². The van der Waals surface area contributed by atoms with E-state index in [1.54, 1.807) is 0 Å². The van der Waals surface area contributed by atoms with Gasteiger partial charge in [-0.2, -0.15) is 0 Å². The van der Waals surface area contributed by atoms with Gasteiger partial charge in [0.15, 0.2) is 0 Å². The molecule has 3 heteroatoms. The second-order valence-electron chi connectivity index (χ2n) is 5.92. The predicted octanol–water partition coefficient (Wildman–Crippen LogP) is 4.53. The first-order valence-electron chi connectivity index (χ1n) is 7.58. The van der Waals surface area contributed by atoms with Crippen molar-refractivity contribution >= 4 is 17.1 Å². The molecule has 1 heterocycles. The number of hydrogen-bond acceptors (Lipinski definition) is 2. The molecule has 0 amide bonds. The molecule has 0 atom stereocenters. The van der Waals surface area contributed by atoms with Crippen molar-refractivity contribution in [3.63, 3.8) is 0 Å². The number of rotatable bonds is 3. The van der Waals surface area contributed by atoms with Crippen LogP contribution in [0.25, 0.3) is 0 Å². The first kappa shape index (κ1) is 16.2. The van der Waals surface area contributed by atoms with Gasteiger partial charge in [-0.3, -0.25) is 9.98 Å². The molecule has 0 aliphatic heterocycles. The van der Waals surface area contributed by atoms with Crippen LogP contribution >= 0.6 is 0 Å². The van der Waals surface area contributed by atoms with Crippen LogP contribution in [0.15, 0.2) is 34.3 Å². The van der Waals surface area contributed by atoms with Crippen molar-refractivity contribution in [2.24, 2.45) is 17.0 Å². The van der Waals surface area contributed by atoms with E-state index in [9.17, 15) is 0 Å². The van der Waals surface area contributed by atoms with Crippen LogP contribution in [-0.4, -0.2) is 23.0 Å². The molecule has 116 valence electrons. The normalized spacial score (nSPS) is 12.9. The zero-order valence-corrected chi connectivity index (χ0v) is 14.7. The highest BCUT2D eigenvalue weighted by molar-refractivity contribution is 6.03. The maximum Gasteiger partial charge on any atom is 0.0692 e. The second kappa shape index (κ2) is 6.30. The third kappa shape index (κ3) is 3.03. The van der Waals surface area contributed by atoms with E-state index in [2.05, 4.69) is 68.6 Å². The summed E-state index contributed by atoms with van der Waals surface area (Å²) >= 11 is 0. The van der Waals surface area contributed by atoms with Gasteiger partial charge in [0, 0.05) is 14.1 Å². The lowest BCUT2D eigenvalue weighted by molar-refractivity contribution is 0.899. The van der Waals surface area contributed by atoms with Gasteiger partial charge in [-0.05, 0) is 57.9 Å². The molecule has 0 N–H and O–H groups in total. The lowest BCUT2D eigenvalue weighted by Crippen LogP contribution is -2.09.